The summed E-state index contributed by atoms with van der Waals surface area (Å²) in [5.41, 5.74) is 19.9. The molecule has 83 heavy (non-hydrogen) atoms. The normalized spacial score (nSPS) is 12.7. The maximum Gasteiger partial charge on any atom is 0.252 e. The largest absolute Gasteiger partial charge is 0.311 e. The summed E-state index contributed by atoms with van der Waals surface area (Å²) in [4.78, 5) is 16.4. The van der Waals surface area contributed by atoms with Crippen molar-refractivity contribution in [1.29, 1.82) is 0 Å². The van der Waals surface area contributed by atoms with Crippen LogP contribution in [0.3, 0.4) is 0 Å². The van der Waals surface area contributed by atoms with E-state index in [-0.39, 0.29) is 6.71 Å². The topological polar surface area (TPSA) is 32.3 Å². The Kier molecular flexibility index (Phi) is 9.86. The van der Waals surface area contributed by atoms with Crippen LogP contribution in [0.2, 0.25) is 0 Å². The molecule has 18 rings (SSSR count). The predicted molar refractivity (Wildman–Crippen MR) is 351 cm³/mol. The van der Waals surface area contributed by atoms with Gasteiger partial charge in [-0.3, -0.25) is 0 Å². The highest BCUT2D eigenvalue weighted by molar-refractivity contribution is 7.01. The number of anilines is 6. The maximum absolute atomic E-state index is 5.60. The lowest BCUT2D eigenvalue weighted by molar-refractivity contribution is 1.18. The van der Waals surface area contributed by atoms with Gasteiger partial charge in [-0.25, -0.2) is 9.97 Å². The predicted octanol–water partition coefficient (Wildman–Crippen LogP) is 18.7. The van der Waals surface area contributed by atoms with Crippen LogP contribution >= 0.6 is 0 Å². The fraction of sp³-hybridized carbons (Fsp3) is 0. The van der Waals surface area contributed by atoms with Gasteiger partial charge in [0.15, 0.2) is 5.82 Å². The van der Waals surface area contributed by atoms with Gasteiger partial charge in [-0.1, -0.05) is 243 Å². The average molecular weight is 1050 g/mol. The van der Waals surface area contributed by atoms with Crippen molar-refractivity contribution < 1.29 is 0 Å². The molecule has 0 saturated carbocycles. The molecule has 0 atom stereocenters. The second kappa shape index (κ2) is 17.8. The number of hydrogen-bond donors (Lipinski definition) is 0. The van der Waals surface area contributed by atoms with E-state index >= 15 is 0 Å². The van der Waals surface area contributed by atoms with Crippen LogP contribution in [0.5, 0.6) is 0 Å². The van der Waals surface area contributed by atoms with Crippen molar-refractivity contribution in [3.8, 4) is 56.2 Å². The third kappa shape index (κ3) is 6.95. The molecule has 0 fully saturated rings. The van der Waals surface area contributed by atoms with E-state index in [1.165, 1.54) is 115 Å². The number of hydrogen-bond acceptors (Lipinski definition) is 4. The highest BCUT2D eigenvalue weighted by Crippen LogP contribution is 2.52. The Balaban J connectivity index is 1.00. The van der Waals surface area contributed by atoms with Gasteiger partial charge >= 0.3 is 0 Å². The van der Waals surface area contributed by atoms with Crippen molar-refractivity contribution >= 4 is 122 Å². The molecule has 0 N–H and O–H groups in total. The first kappa shape index (κ1) is 45.9. The third-order valence-corrected chi connectivity index (χ3v) is 17.9. The van der Waals surface area contributed by atoms with Crippen molar-refractivity contribution in [2.24, 2.45) is 0 Å². The number of benzene rings is 15. The molecule has 1 aromatic heterocycles. The zero-order valence-electron chi connectivity index (χ0n) is 45.0. The van der Waals surface area contributed by atoms with Crippen LogP contribution in [-0.2, 0) is 0 Å². The molecule has 4 nitrogen and oxygen atoms in total. The van der Waals surface area contributed by atoms with Crippen LogP contribution in [0.15, 0.2) is 285 Å². The van der Waals surface area contributed by atoms with Crippen molar-refractivity contribution in [2.45, 2.75) is 0 Å². The van der Waals surface area contributed by atoms with E-state index in [0.717, 1.165) is 50.8 Å². The minimum atomic E-state index is -0.181. The zero-order valence-corrected chi connectivity index (χ0v) is 45.0. The van der Waals surface area contributed by atoms with E-state index in [2.05, 4.69) is 295 Å². The molecule has 2 aliphatic rings. The lowest BCUT2D eigenvalue weighted by atomic mass is 9.33. The first-order chi connectivity index (χ1) is 41.1. The standard InChI is InChI=1S/C78H47BN4/c1-5-15-48(16-6-1)50-31-37-61(38-32-50)82-69-45-60(78-80-67(52-19-9-3-10-20-52)47-68(81-78)53-21-11-4-12-22-53)46-70-75(69)79(65-43-58-29-27-54-23-13-25-56-35-41-63(76(65)82)73(58)71(54)56)66-44-59-30-28-55-24-14-26-57-36-42-64(74(59)72(55)57)77(66)83(70)62-39-33-51(34-40-62)49-17-7-2-8-18-49/h1-47H. The van der Waals surface area contributed by atoms with Crippen LogP contribution in [0, 0.1) is 0 Å². The van der Waals surface area contributed by atoms with Crippen molar-refractivity contribution in [3.05, 3.63) is 285 Å². The van der Waals surface area contributed by atoms with Crippen molar-refractivity contribution in [3.63, 3.8) is 0 Å². The third-order valence-electron chi connectivity index (χ3n) is 17.9. The Labute approximate surface area is 480 Å². The van der Waals surface area contributed by atoms with Gasteiger partial charge in [0.2, 0.25) is 0 Å². The van der Waals surface area contributed by atoms with E-state index < -0.39 is 0 Å². The summed E-state index contributed by atoms with van der Waals surface area (Å²) < 4.78 is 0. The molecule has 15 aromatic carbocycles. The monoisotopic (exact) mass is 1050 g/mol. The number of fused-ring (bicyclic) bond motifs is 6. The molecule has 0 unspecified atom stereocenters. The van der Waals surface area contributed by atoms with Crippen LogP contribution in [0.1, 0.15) is 0 Å². The van der Waals surface area contributed by atoms with E-state index in [9.17, 15) is 0 Å². The van der Waals surface area contributed by atoms with Gasteiger partial charge < -0.3 is 9.80 Å². The molecular weight excluding hydrogens is 1000 g/mol. The summed E-state index contributed by atoms with van der Waals surface area (Å²) in [6.45, 7) is -0.181. The lowest BCUT2D eigenvalue weighted by Crippen LogP contribution is -2.61. The molecule has 2 aliphatic heterocycles. The summed E-state index contributed by atoms with van der Waals surface area (Å²) in [6, 6.07) is 105. The molecule has 0 aliphatic carbocycles. The van der Waals surface area contributed by atoms with Crippen LogP contribution < -0.4 is 26.2 Å². The fourth-order valence-electron chi connectivity index (χ4n) is 14.2. The molecule has 382 valence electrons. The highest BCUT2D eigenvalue weighted by Gasteiger charge is 2.46. The van der Waals surface area contributed by atoms with Crippen molar-refractivity contribution in [1.82, 2.24) is 9.97 Å². The van der Waals surface area contributed by atoms with Gasteiger partial charge in [-0.05, 0) is 135 Å². The summed E-state index contributed by atoms with van der Waals surface area (Å²) >= 11 is 0. The minimum absolute atomic E-state index is 0.181. The number of aromatic nitrogens is 2. The zero-order chi connectivity index (χ0) is 54.3. The van der Waals surface area contributed by atoms with Crippen LogP contribution in [0.4, 0.5) is 34.1 Å². The Morgan fingerprint density at radius 2 is 0.627 bits per heavy atom. The second-order valence-corrected chi connectivity index (χ2v) is 22.4. The van der Waals surface area contributed by atoms with Crippen LogP contribution in [-0.4, -0.2) is 16.7 Å². The Bertz CT molecular complexity index is 4890. The molecule has 0 spiro atoms. The number of rotatable bonds is 7. The van der Waals surface area contributed by atoms with Gasteiger partial charge in [-0.2, -0.15) is 0 Å². The first-order valence-electron chi connectivity index (χ1n) is 28.7. The first-order valence-corrected chi connectivity index (χ1v) is 28.7. The summed E-state index contributed by atoms with van der Waals surface area (Å²) in [7, 11) is 0. The van der Waals surface area contributed by atoms with Gasteiger partial charge in [0, 0.05) is 61.6 Å². The fourth-order valence-corrected chi connectivity index (χ4v) is 14.2. The molecule has 5 heteroatoms. The molecule has 0 saturated heterocycles. The van der Waals surface area contributed by atoms with E-state index in [4.69, 9.17) is 9.97 Å². The Morgan fingerprint density at radius 3 is 1.04 bits per heavy atom. The highest BCUT2D eigenvalue weighted by atomic mass is 15.2. The van der Waals surface area contributed by atoms with Crippen molar-refractivity contribution in [2.75, 3.05) is 9.80 Å². The maximum atomic E-state index is 5.60. The number of nitrogens with zero attached hydrogens (tertiary/aromatic N) is 4. The van der Waals surface area contributed by atoms with E-state index in [1.54, 1.807) is 0 Å². The van der Waals surface area contributed by atoms with E-state index in [0.29, 0.717) is 5.82 Å². The molecule has 16 aromatic rings. The molecule has 0 bridgehead atoms. The van der Waals surface area contributed by atoms with Gasteiger partial charge in [0.05, 0.1) is 11.4 Å². The average Bonchev–Trinajstić information content (AvgIpc) is 1.76. The minimum Gasteiger partial charge on any atom is -0.311 e. The Hall–Kier alpha value is -10.9. The smallest absolute Gasteiger partial charge is 0.252 e. The quantitative estimate of drug-likeness (QED) is 0.118. The van der Waals surface area contributed by atoms with Gasteiger partial charge in [-0.15, -0.1) is 0 Å². The van der Waals surface area contributed by atoms with Gasteiger partial charge in [0.25, 0.3) is 6.71 Å². The molecule has 0 amide bonds. The molecule has 3 heterocycles. The SMILES string of the molecule is c1ccc(-c2ccc(N3c4cc(-c5nc(-c6ccccc6)cc(-c6ccccc6)n5)cc5c4B(c4cc6ccc7cccc8ccc(c43)c6c78)c3cc4ccc6cccc7ccc(c3N5c3ccc(-c5ccccc5)cc3)c4c67)cc2)cc1. The summed E-state index contributed by atoms with van der Waals surface area (Å²) in [5, 5.41) is 15.0. The summed E-state index contributed by atoms with van der Waals surface area (Å²) in [5.74, 6) is 0.655. The van der Waals surface area contributed by atoms with Gasteiger partial charge in [0.1, 0.15) is 0 Å². The van der Waals surface area contributed by atoms with E-state index in [1.807, 2.05) is 0 Å². The second-order valence-electron chi connectivity index (χ2n) is 22.4. The lowest BCUT2D eigenvalue weighted by Gasteiger charge is -2.45. The Morgan fingerprint density at radius 1 is 0.265 bits per heavy atom. The summed E-state index contributed by atoms with van der Waals surface area (Å²) in [6.07, 6.45) is 0. The molecular formula is C78H47BN4. The van der Waals surface area contributed by atoms with Crippen LogP contribution in [0.25, 0.3) is 121 Å². The molecule has 0 radical (unpaired) electrons.